The van der Waals surface area contributed by atoms with Gasteiger partial charge >= 0.3 is 6.09 Å². The number of nitrogens with one attached hydrogen (secondary N) is 2. The Hall–Kier alpha value is -3.61. The Labute approximate surface area is 169 Å². The van der Waals surface area contributed by atoms with Crippen molar-refractivity contribution in [1.29, 1.82) is 0 Å². The van der Waals surface area contributed by atoms with Crippen LogP contribution in [-0.4, -0.2) is 30.0 Å². The molecule has 7 heteroatoms. The number of hydrogen-bond donors (Lipinski definition) is 3. The van der Waals surface area contributed by atoms with Gasteiger partial charge in [0.1, 0.15) is 18.7 Å². The zero-order valence-corrected chi connectivity index (χ0v) is 16.0. The molecule has 3 amide bonds. The van der Waals surface area contributed by atoms with E-state index in [1.165, 1.54) is 6.08 Å². The predicted octanol–water partition coefficient (Wildman–Crippen LogP) is 2.07. The molecule has 0 saturated heterocycles. The van der Waals surface area contributed by atoms with Crippen LogP contribution in [0.4, 0.5) is 4.79 Å². The molecule has 29 heavy (non-hydrogen) atoms. The maximum absolute atomic E-state index is 12.7. The molecule has 0 bridgehead atoms. The summed E-state index contributed by atoms with van der Waals surface area (Å²) in [5.74, 6) is -1.21. The van der Waals surface area contributed by atoms with E-state index in [-0.39, 0.29) is 19.4 Å². The molecule has 0 aromatic heterocycles. The number of primary amides is 1. The summed E-state index contributed by atoms with van der Waals surface area (Å²) in [6, 6.07) is 16.6. The van der Waals surface area contributed by atoms with Crippen LogP contribution in [0.5, 0.6) is 0 Å². The molecular weight excluding hydrogens is 370 g/mol. The van der Waals surface area contributed by atoms with E-state index in [1.807, 2.05) is 60.7 Å². The van der Waals surface area contributed by atoms with Gasteiger partial charge in [-0.1, -0.05) is 66.7 Å². The van der Waals surface area contributed by atoms with Crippen LogP contribution in [0.2, 0.25) is 0 Å². The zero-order chi connectivity index (χ0) is 21.1. The van der Waals surface area contributed by atoms with E-state index in [2.05, 4.69) is 17.2 Å². The minimum atomic E-state index is -0.938. The van der Waals surface area contributed by atoms with Crippen molar-refractivity contribution in [3.8, 4) is 0 Å². The second kappa shape index (κ2) is 11.3. The summed E-state index contributed by atoms with van der Waals surface area (Å²) in [6.45, 7) is 3.63. The van der Waals surface area contributed by atoms with Gasteiger partial charge in [0.15, 0.2) is 0 Å². The van der Waals surface area contributed by atoms with Crippen LogP contribution >= 0.6 is 0 Å². The van der Waals surface area contributed by atoms with E-state index >= 15 is 0 Å². The number of carbonyl (C=O) groups is 3. The number of benzene rings is 2. The van der Waals surface area contributed by atoms with Gasteiger partial charge in [-0.15, -0.1) is 6.58 Å². The topological polar surface area (TPSA) is 111 Å². The molecule has 0 fully saturated rings. The monoisotopic (exact) mass is 395 g/mol. The van der Waals surface area contributed by atoms with Crippen molar-refractivity contribution in [2.75, 3.05) is 0 Å². The molecule has 0 heterocycles. The molecule has 0 unspecified atom stereocenters. The molecule has 0 aliphatic carbocycles. The summed E-state index contributed by atoms with van der Waals surface area (Å²) in [6.07, 6.45) is 1.18. The second-order valence-corrected chi connectivity index (χ2v) is 6.44. The van der Waals surface area contributed by atoms with Crippen LogP contribution in [0.1, 0.15) is 17.5 Å². The maximum atomic E-state index is 12.7. The fourth-order valence-corrected chi connectivity index (χ4v) is 2.65. The van der Waals surface area contributed by atoms with Crippen LogP contribution in [0.15, 0.2) is 73.3 Å². The molecule has 0 saturated carbocycles. The molecule has 4 N–H and O–H groups in total. The van der Waals surface area contributed by atoms with Gasteiger partial charge in [-0.3, -0.25) is 9.59 Å². The number of hydrogen-bond acceptors (Lipinski definition) is 4. The molecule has 0 aliphatic rings. The number of ether oxygens (including phenoxy) is 1. The Bertz CT molecular complexity index is 824. The summed E-state index contributed by atoms with van der Waals surface area (Å²) in [7, 11) is 0. The highest BCUT2D eigenvalue weighted by atomic mass is 16.5. The Kier molecular flexibility index (Phi) is 8.44. The SMILES string of the molecule is C=CC[C@@H](NC(=O)[C@H](Cc1ccccc1)NC(=O)OCc1ccccc1)C(N)=O. The smallest absolute Gasteiger partial charge is 0.408 e. The van der Waals surface area contributed by atoms with Crippen molar-refractivity contribution in [2.45, 2.75) is 31.5 Å². The fourth-order valence-electron chi connectivity index (χ4n) is 2.65. The Balaban J connectivity index is 2.05. The van der Waals surface area contributed by atoms with Crippen molar-refractivity contribution >= 4 is 17.9 Å². The van der Waals surface area contributed by atoms with Gasteiger partial charge in [-0.25, -0.2) is 4.79 Å². The van der Waals surface area contributed by atoms with Crippen molar-refractivity contribution in [3.63, 3.8) is 0 Å². The fraction of sp³-hybridized carbons (Fsp3) is 0.227. The molecule has 0 radical (unpaired) electrons. The van der Waals surface area contributed by atoms with E-state index in [1.54, 1.807) is 0 Å². The average Bonchev–Trinajstić information content (AvgIpc) is 2.73. The van der Waals surface area contributed by atoms with Crippen LogP contribution < -0.4 is 16.4 Å². The Morgan fingerprint density at radius 3 is 2.07 bits per heavy atom. The number of carbonyl (C=O) groups excluding carboxylic acids is 3. The van der Waals surface area contributed by atoms with E-state index in [0.29, 0.717) is 0 Å². The third-order valence-corrected chi connectivity index (χ3v) is 4.17. The quantitative estimate of drug-likeness (QED) is 0.535. The Morgan fingerprint density at radius 2 is 1.52 bits per heavy atom. The normalized spacial score (nSPS) is 12.3. The molecule has 7 nitrogen and oxygen atoms in total. The lowest BCUT2D eigenvalue weighted by Crippen LogP contribution is -2.53. The minimum absolute atomic E-state index is 0.0761. The molecule has 2 rings (SSSR count). The van der Waals surface area contributed by atoms with Crippen molar-refractivity contribution < 1.29 is 19.1 Å². The van der Waals surface area contributed by atoms with Crippen LogP contribution in [0, 0.1) is 0 Å². The van der Waals surface area contributed by atoms with Crippen molar-refractivity contribution in [3.05, 3.63) is 84.4 Å². The van der Waals surface area contributed by atoms with E-state index in [0.717, 1.165) is 11.1 Å². The molecule has 2 atom stereocenters. The van der Waals surface area contributed by atoms with Gasteiger partial charge in [0.05, 0.1) is 0 Å². The average molecular weight is 395 g/mol. The zero-order valence-electron chi connectivity index (χ0n) is 16.0. The maximum Gasteiger partial charge on any atom is 0.408 e. The highest BCUT2D eigenvalue weighted by Gasteiger charge is 2.26. The summed E-state index contributed by atoms with van der Waals surface area (Å²) >= 11 is 0. The first kappa shape index (κ1) is 21.7. The largest absolute Gasteiger partial charge is 0.445 e. The second-order valence-electron chi connectivity index (χ2n) is 6.44. The Morgan fingerprint density at radius 1 is 0.931 bits per heavy atom. The van der Waals surface area contributed by atoms with Gasteiger partial charge in [-0.05, 0) is 17.5 Å². The summed E-state index contributed by atoms with van der Waals surface area (Å²) in [5.41, 5.74) is 6.99. The predicted molar refractivity (Wildman–Crippen MR) is 110 cm³/mol. The van der Waals surface area contributed by atoms with Gasteiger partial charge in [0, 0.05) is 6.42 Å². The van der Waals surface area contributed by atoms with E-state index in [9.17, 15) is 14.4 Å². The molecular formula is C22H25N3O4. The molecule has 2 aromatic carbocycles. The third kappa shape index (κ3) is 7.50. The van der Waals surface area contributed by atoms with Crippen molar-refractivity contribution in [1.82, 2.24) is 10.6 Å². The molecule has 0 aliphatic heterocycles. The minimum Gasteiger partial charge on any atom is -0.445 e. The first-order valence-corrected chi connectivity index (χ1v) is 9.21. The van der Waals surface area contributed by atoms with Gasteiger partial charge in [0.2, 0.25) is 11.8 Å². The number of rotatable bonds is 10. The lowest BCUT2D eigenvalue weighted by Gasteiger charge is -2.21. The first-order chi connectivity index (χ1) is 14.0. The van der Waals surface area contributed by atoms with Gasteiger partial charge in [-0.2, -0.15) is 0 Å². The molecule has 0 spiro atoms. The van der Waals surface area contributed by atoms with Crippen LogP contribution in [0.3, 0.4) is 0 Å². The van der Waals surface area contributed by atoms with Gasteiger partial charge < -0.3 is 21.1 Å². The number of amides is 3. The summed E-state index contributed by atoms with van der Waals surface area (Å²) in [5, 5.41) is 5.13. The first-order valence-electron chi connectivity index (χ1n) is 9.21. The van der Waals surface area contributed by atoms with Gasteiger partial charge in [0.25, 0.3) is 0 Å². The molecule has 152 valence electrons. The highest BCUT2D eigenvalue weighted by Crippen LogP contribution is 2.06. The molecule has 2 aromatic rings. The summed E-state index contributed by atoms with van der Waals surface area (Å²) < 4.78 is 5.21. The summed E-state index contributed by atoms with van der Waals surface area (Å²) in [4.78, 5) is 36.5. The lowest BCUT2D eigenvalue weighted by molar-refractivity contribution is -0.128. The third-order valence-electron chi connectivity index (χ3n) is 4.17. The van der Waals surface area contributed by atoms with Crippen LogP contribution in [-0.2, 0) is 27.4 Å². The highest BCUT2D eigenvalue weighted by molar-refractivity contribution is 5.91. The number of alkyl carbamates (subject to hydrolysis) is 1. The standard InChI is InChI=1S/C22H25N3O4/c1-2-9-18(20(23)26)24-21(27)19(14-16-10-5-3-6-11-16)25-22(28)29-15-17-12-7-4-8-13-17/h2-8,10-13,18-19H,1,9,14-15H2,(H2,23,26)(H,24,27)(H,25,28)/t18-,19+/m1/s1. The van der Waals surface area contributed by atoms with E-state index in [4.69, 9.17) is 10.5 Å². The van der Waals surface area contributed by atoms with Crippen molar-refractivity contribution in [2.24, 2.45) is 5.73 Å². The lowest BCUT2D eigenvalue weighted by atomic mass is 10.0. The number of nitrogens with two attached hydrogens (primary N) is 1. The van der Waals surface area contributed by atoms with Crippen LogP contribution in [0.25, 0.3) is 0 Å². The van der Waals surface area contributed by atoms with E-state index < -0.39 is 30.0 Å².